The first-order valence-electron chi connectivity index (χ1n) is 6.17. The summed E-state index contributed by atoms with van der Waals surface area (Å²) >= 11 is 4.99. The summed E-state index contributed by atoms with van der Waals surface area (Å²) in [7, 11) is 1.62. The Morgan fingerprint density at radius 3 is 2.39 bits per heavy atom. The van der Waals surface area contributed by atoms with Crippen molar-refractivity contribution in [3.63, 3.8) is 0 Å². The van der Waals surface area contributed by atoms with Crippen LogP contribution in [-0.4, -0.2) is 41.8 Å². The number of likely N-dealkylation sites (tertiary alicyclic amines) is 1. The second-order valence-electron chi connectivity index (χ2n) is 5.56. The van der Waals surface area contributed by atoms with Crippen LogP contribution in [0.5, 0.6) is 0 Å². The second-order valence-corrected chi connectivity index (χ2v) is 6.00. The van der Waals surface area contributed by atoms with E-state index in [0.29, 0.717) is 24.5 Å². The van der Waals surface area contributed by atoms with Gasteiger partial charge in [-0.1, -0.05) is 12.2 Å². The second kappa shape index (κ2) is 4.19. The fourth-order valence-electron chi connectivity index (χ4n) is 2.61. The molecule has 0 aromatic heterocycles. The van der Waals surface area contributed by atoms with E-state index in [-0.39, 0.29) is 11.8 Å². The van der Waals surface area contributed by atoms with E-state index < -0.39 is 10.8 Å². The summed E-state index contributed by atoms with van der Waals surface area (Å²) in [6, 6.07) is 0. The van der Waals surface area contributed by atoms with E-state index >= 15 is 0 Å². The van der Waals surface area contributed by atoms with Crippen LogP contribution in [0.2, 0.25) is 0 Å². The average Bonchev–Trinajstić information content (AvgIpc) is 3.06. The number of nitrogens with one attached hydrogen (secondary N) is 1. The molecule has 5 nitrogen and oxygen atoms in total. The zero-order chi connectivity index (χ0) is 13.6. The average molecular weight is 269 g/mol. The molecule has 0 aromatic rings. The summed E-state index contributed by atoms with van der Waals surface area (Å²) in [5.74, 6) is -0.0133. The van der Waals surface area contributed by atoms with Crippen LogP contribution in [0.1, 0.15) is 26.2 Å². The van der Waals surface area contributed by atoms with E-state index in [1.807, 2.05) is 6.92 Å². The van der Waals surface area contributed by atoms with Crippen LogP contribution in [0.15, 0.2) is 0 Å². The molecule has 0 bridgehead atoms. The van der Waals surface area contributed by atoms with Crippen molar-refractivity contribution < 1.29 is 9.59 Å². The number of rotatable bonds is 3. The van der Waals surface area contributed by atoms with Crippen LogP contribution >= 0.6 is 12.2 Å². The molecule has 1 atom stereocenters. The number of carbonyl (C=O) groups is 2. The Bertz CT molecular complexity index is 420. The maximum atomic E-state index is 12.4. The number of hydrogen-bond donors (Lipinski definition) is 2. The van der Waals surface area contributed by atoms with E-state index in [1.54, 1.807) is 11.9 Å². The minimum absolute atomic E-state index is 0.00243. The number of hydrogen-bond acceptors (Lipinski definition) is 3. The van der Waals surface area contributed by atoms with Gasteiger partial charge >= 0.3 is 0 Å². The Balaban J connectivity index is 2.08. The lowest BCUT2D eigenvalue weighted by molar-refractivity contribution is -0.135. The molecule has 100 valence electrons. The molecule has 1 saturated heterocycles. The van der Waals surface area contributed by atoms with Crippen LogP contribution < -0.4 is 11.1 Å². The topological polar surface area (TPSA) is 75.4 Å². The highest BCUT2D eigenvalue weighted by atomic mass is 32.1. The molecule has 6 heteroatoms. The van der Waals surface area contributed by atoms with Crippen LogP contribution in [0, 0.1) is 10.8 Å². The lowest BCUT2D eigenvalue weighted by atomic mass is 9.89. The minimum Gasteiger partial charge on any atom is -0.392 e. The largest absolute Gasteiger partial charge is 0.392 e. The van der Waals surface area contributed by atoms with Crippen LogP contribution in [0.25, 0.3) is 0 Å². The summed E-state index contributed by atoms with van der Waals surface area (Å²) < 4.78 is 0. The number of thiocarbonyl (C=S) groups is 1. The molecule has 1 heterocycles. The van der Waals surface area contributed by atoms with Gasteiger partial charge in [0, 0.05) is 20.1 Å². The van der Waals surface area contributed by atoms with E-state index in [9.17, 15) is 9.59 Å². The molecule has 2 amide bonds. The highest BCUT2D eigenvalue weighted by Crippen LogP contribution is 2.48. The molecule has 2 fully saturated rings. The molecule has 3 N–H and O–H groups in total. The van der Waals surface area contributed by atoms with E-state index in [4.69, 9.17) is 18.0 Å². The third kappa shape index (κ3) is 1.88. The van der Waals surface area contributed by atoms with Gasteiger partial charge in [-0.2, -0.15) is 0 Å². The highest BCUT2D eigenvalue weighted by molar-refractivity contribution is 7.80. The molecular formula is C12H19N3O2S. The molecule has 1 aliphatic heterocycles. The fraction of sp³-hybridized carbons (Fsp3) is 0.750. The van der Waals surface area contributed by atoms with E-state index in [0.717, 1.165) is 12.8 Å². The molecule has 1 aliphatic carbocycles. The first-order valence-corrected chi connectivity index (χ1v) is 6.58. The Labute approximate surface area is 112 Å². The molecule has 1 saturated carbocycles. The van der Waals surface area contributed by atoms with Gasteiger partial charge in [0.15, 0.2) is 0 Å². The molecule has 0 spiro atoms. The third-order valence-electron chi connectivity index (χ3n) is 4.17. The van der Waals surface area contributed by atoms with Crippen molar-refractivity contribution in [2.45, 2.75) is 26.2 Å². The number of nitrogens with two attached hydrogens (primary N) is 1. The van der Waals surface area contributed by atoms with Crippen molar-refractivity contribution >= 4 is 29.0 Å². The van der Waals surface area contributed by atoms with Gasteiger partial charge in [-0.25, -0.2) is 0 Å². The monoisotopic (exact) mass is 269 g/mol. The normalized spacial score (nSPS) is 28.9. The summed E-state index contributed by atoms with van der Waals surface area (Å²) in [4.78, 5) is 26.2. The van der Waals surface area contributed by atoms with Gasteiger partial charge in [0.1, 0.15) is 0 Å². The summed E-state index contributed by atoms with van der Waals surface area (Å²) in [6.45, 7) is 2.95. The SMILES string of the molecule is CNC(=O)C1(C)CCN(C(=O)C2(C(N)=S)CC2)C1. The zero-order valence-corrected chi connectivity index (χ0v) is 11.6. The first kappa shape index (κ1) is 13.3. The molecular weight excluding hydrogens is 250 g/mol. The molecule has 18 heavy (non-hydrogen) atoms. The summed E-state index contributed by atoms with van der Waals surface area (Å²) in [6.07, 6.45) is 2.18. The van der Waals surface area contributed by atoms with Crippen molar-refractivity contribution in [3.05, 3.63) is 0 Å². The Hall–Kier alpha value is -1.17. The minimum atomic E-state index is -0.608. The van der Waals surface area contributed by atoms with Crippen molar-refractivity contribution in [1.29, 1.82) is 0 Å². The fourth-order valence-corrected chi connectivity index (χ4v) is 2.91. The smallest absolute Gasteiger partial charge is 0.235 e. The molecule has 2 rings (SSSR count). The van der Waals surface area contributed by atoms with Gasteiger partial charge < -0.3 is 16.0 Å². The van der Waals surface area contributed by atoms with Crippen LogP contribution in [0.4, 0.5) is 0 Å². The first-order chi connectivity index (χ1) is 8.35. The lowest BCUT2D eigenvalue weighted by Crippen LogP contribution is -2.44. The maximum absolute atomic E-state index is 12.4. The van der Waals surface area contributed by atoms with Crippen molar-refractivity contribution in [2.24, 2.45) is 16.6 Å². The summed E-state index contributed by atoms with van der Waals surface area (Å²) in [5, 5.41) is 2.66. The molecule has 1 unspecified atom stereocenters. The Morgan fingerprint density at radius 2 is 1.94 bits per heavy atom. The van der Waals surface area contributed by atoms with E-state index in [2.05, 4.69) is 5.32 Å². The Morgan fingerprint density at radius 1 is 1.33 bits per heavy atom. The van der Waals surface area contributed by atoms with Gasteiger partial charge in [-0.05, 0) is 26.2 Å². The van der Waals surface area contributed by atoms with Gasteiger partial charge in [-0.15, -0.1) is 0 Å². The Kier molecular flexibility index (Phi) is 3.09. The third-order valence-corrected chi connectivity index (χ3v) is 4.56. The molecule has 2 aliphatic rings. The van der Waals surface area contributed by atoms with E-state index in [1.165, 1.54) is 0 Å². The predicted octanol–water partition coefficient (Wildman–Crippen LogP) is 0.0373. The van der Waals surface area contributed by atoms with Gasteiger partial charge in [0.2, 0.25) is 11.8 Å². The zero-order valence-electron chi connectivity index (χ0n) is 10.8. The lowest BCUT2D eigenvalue weighted by Gasteiger charge is -2.25. The van der Waals surface area contributed by atoms with Gasteiger partial charge in [-0.3, -0.25) is 9.59 Å². The van der Waals surface area contributed by atoms with Crippen LogP contribution in [0.3, 0.4) is 0 Å². The maximum Gasteiger partial charge on any atom is 0.235 e. The van der Waals surface area contributed by atoms with Crippen molar-refractivity contribution in [2.75, 3.05) is 20.1 Å². The number of amides is 2. The molecule has 0 aromatic carbocycles. The van der Waals surface area contributed by atoms with Gasteiger partial charge in [0.05, 0.1) is 15.8 Å². The summed E-state index contributed by atoms with van der Waals surface area (Å²) in [5.41, 5.74) is 4.56. The standard InChI is InChI=1S/C12H19N3O2S/c1-11(9(16)14-2)5-6-15(7-11)10(17)12(3-4-12)8(13)18/h3-7H2,1-2H3,(H2,13,18)(H,14,16). The number of nitrogens with zero attached hydrogens (tertiary/aromatic N) is 1. The highest BCUT2D eigenvalue weighted by Gasteiger charge is 2.56. The van der Waals surface area contributed by atoms with Crippen molar-refractivity contribution in [3.8, 4) is 0 Å². The van der Waals surface area contributed by atoms with Crippen molar-refractivity contribution in [1.82, 2.24) is 10.2 Å². The van der Waals surface area contributed by atoms with Crippen LogP contribution in [-0.2, 0) is 9.59 Å². The van der Waals surface area contributed by atoms with Gasteiger partial charge in [0.25, 0.3) is 0 Å². The number of carbonyl (C=O) groups excluding carboxylic acids is 2. The predicted molar refractivity (Wildman–Crippen MR) is 71.8 cm³/mol. The molecule has 0 radical (unpaired) electrons. The quantitative estimate of drug-likeness (QED) is 0.709.